The molecule has 6 aliphatic heterocycles. The van der Waals surface area contributed by atoms with Crippen molar-refractivity contribution in [2.24, 2.45) is 0 Å². The lowest BCUT2D eigenvalue weighted by atomic mass is 9.76. The summed E-state index contributed by atoms with van der Waals surface area (Å²) < 4.78 is 24.9. The molecular weight excluding hydrogens is 953 g/mol. The third-order valence-corrected chi connectivity index (χ3v) is 16.3. The number of methoxy groups -OCH3 is 1. The standard InChI is InChI=1S/C20H20N2O4.C20H20N2O3.C19H18N2O3/c1-19(2)15-7-5-6-8-16(15)21(3)20(19)10-9-13-11-14(22(23)24)12-17(25-4)18(13)26-20;1-4-21-17-8-6-5-7-16(17)19(2,3)20(21)12-11-14-13-15(22(23)24)9-10-18(14)25-20;1-18(2)15-6-4-5-7-16(15)20(3)19(18)11-10-13-12-14(21(22)23)8-9-17(13)24-19/h5-12H,1-4H3;5-13H,4H2,1-3H3;4-12H,1-3H3/t2*20-;19-/m111/s1. The average Bonchev–Trinajstić information content (AvgIpc) is 3.78. The van der Waals surface area contributed by atoms with Gasteiger partial charge in [0.15, 0.2) is 11.5 Å². The first-order valence-electron chi connectivity index (χ1n) is 24.7. The van der Waals surface area contributed by atoms with Crippen molar-refractivity contribution >= 4 is 52.4 Å². The molecule has 0 radical (unpaired) electrons. The number of hydrogen-bond acceptors (Lipinski definition) is 13. The summed E-state index contributed by atoms with van der Waals surface area (Å²) in [6, 6.07) is 37.3. The van der Waals surface area contributed by atoms with Crippen LogP contribution in [0.4, 0.5) is 34.1 Å². The number of non-ortho nitro benzene ring substituents is 3. The van der Waals surface area contributed by atoms with Crippen LogP contribution in [0.2, 0.25) is 0 Å². The predicted octanol–water partition coefficient (Wildman–Crippen LogP) is 12.8. The van der Waals surface area contributed by atoms with Gasteiger partial charge in [-0.3, -0.25) is 30.3 Å². The minimum atomic E-state index is -0.743. The molecule has 0 aromatic heterocycles. The van der Waals surface area contributed by atoms with Gasteiger partial charge in [-0.25, -0.2) is 0 Å². The number of benzene rings is 6. The third-order valence-electron chi connectivity index (χ3n) is 16.3. The maximum atomic E-state index is 11.2. The fourth-order valence-electron chi connectivity index (χ4n) is 12.1. The highest BCUT2D eigenvalue weighted by molar-refractivity contribution is 5.77. The Morgan fingerprint density at radius 2 is 0.880 bits per heavy atom. The number of hydrogen-bond donors (Lipinski definition) is 0. The van der Waals surface area contributed by atoms with E-state index >= 15 is 0 Å². The Morgan fingerprint density at radius 3 is 1.33 bits per heavy atom. The first kappa shape index (κ1) is 49.9. The van der Waals surface area contributed by atoms with Crippen LogP contribution in [0.5, 0.6) is 23.0 Å². The molecular formula is C59H58N6O10. The van der Waals surface area contributed by atoms with Crippen molar-refractivity contribution in [1.29, 1.82) is 0 Å². The summed E-state index contributed by atoms with van der Waals surface area (Å²) >= 11 is 0. The summed E-state index contributed by atoms with van der Waals surface area (Å²) in [4.78, 5) is 38.5. The largest absolute Gasteiger partial charge is 0.493 e. The molecule has 0 unspecified atom stereocenters. The normalized spacial score (nSPS) is 22.4. The van der Waals surface area contributed by atoms with E-state index in [9.17, 15) is 30.3 Å². The van der Waals surface area contributed by atoms with Crippen LogP contribution >= 0.6 is 0 Å². The van der Waals surface area contributed by atoms with Crippen molar-refractivity contribution in [3.8, 4) is 23.0 Å². The topological polar surface area (TPSA) is 176 Å². The zero-order valence-electron chi connectivity index (χ0n) is 43.5. The molecule has 6 heterocycles. The summed E-state index contributed by atoms with van der Waals surface area (Å²) in [5, 5.41) is 33.2. The monoisotopic (exact) mass is 1010 g/mol. The van der Waals surface area contributed by atoms with Gasteiger partial charge in [0.05, 0.1) is 44.2 Å². The van der Waals surface area contributed by atoms with Crippen LogP contribution in [0.3, 0.4) is 0 Å². The molecule has 0 saturated carbocycles. The van der Waals surface area contributed by atoms with E-state index in [1.807, 2.05) is 80.9 Å². The van der Waals surface area contributed by atoms with Crippen LogP contribution < -0.4 is 33.6 Å². The van der Waals surface area contributed by atoms with Crippen molar-refractivity contribution in [3.63, 3.8) is 0 Å². The Labute approximate surface area is 435 Å². The van der Waals surface area contributed by atoms with Gasteiger partial charge in [0.25, 0.3) is 17.1 Å². The number of rotatable bonds is 5. The smallest absolute Gasteiger partial charge is 0.274 e. The average molecular weight is 1010 g/mol. The second kappa shape index (κ2) is 17.5. The Bertz CT molecular complexity index is 3460. The van der Waals surface area contributed by atoms with E-state index in [2.05, 4.69) is 106 Å². The minimum absolute atomic E-state index is 0.0212. The summed E-state index contributed by atoms with van der Waals surface area (Å²) in [6.07, 6.45) is 11.8. The highest BCUT2D eigenvalue weighted by Crippen LogP contribution is 2.58. The van der Waals surface area contributed by atoms with Crippen LogP contribution in [0.25, 0.3) is 18.2 Å². The second-order valence-corrected chi connectivity index (χ2v) is 21.0. The molecule has 0 bridgehead atoms. The number of nitrogens with zero attached hydrogens (tertiary/aromatic N) is 6. The Hall–Kier alpha value is -8.66. The summed E-state index contributed by atoms with van der Waals surface area (Å²) in [6.45, 7) is 15.9. The van der Waals surface area contributed by atoms with E-state index in [4.69, 9.17) is 18.9 Å². The van der Waals surface area contributed by atoms with Crippen molar-refractivity contribution < 1.29 is 33.7 Å². The van der Waals surface area contributed by atoms with Gasteiger partial charge in [-0.05, 0) is 132 Å². The van der Waals surface area contributed by atoms with Gasteiger partial charge in [0.2, 0.25) is 17.2 Å². The molecule has 3 atom stereocenters. The molecule has 3 spiro atoms. The van der Waals surface area contributed by atoms with Crippen LogP contribution in [0.15, 0.2) is 140 Å². The van der Waals surface area contributed by atoms with Gasteiger partial charge >= 0.3 is 0 Å². The lowest BCUT2D eigenvalue weighted by Gasteiger charge is -2.46. The summed E-state index contributed by atoms with van der Waals surface area (Å²) in [5.41, 5.74) is 6.39. The number of ether oxygens (including phenoxy) is 4. The second-order valence-electron chi connectivity index (χ2n) is 21.0. The molecule has 16 heteroatoms. The van der Waals surface area contributed by atoms with Crippen molar-refractivity contribution in [2.45, 2.75) is 81.9 Å². The van der Waals surface area contributed by atoms with Crippen molar-refractivity contribution in [1.82, 2.24) is 0 Å². The van der Waals surface area contributed by atoms with Gasteiger partial charge in [-0.15, -0.1) is 0 Å². The van der Waals surface area contributed by atoms with Crippen LogP contribution in [0, 0.1) is 30.3 Å². The predicted molar refractivity (Wildman–Crippen MR) is 291 cm³/mol. The van der Waals surface area contributed by atoms with Gasteiger partial charge in [0.1, 0.15) is 11.5 Å². The van der Waals surface area contributed by atoms with Crippen LogP contribution in [-0.2, 0) is 16.2 Å². The molecule has 75 heavy (non-hydrogen) atoms. The minimum Gasteiger partial charge on any atom is -0.493 e. The fraction of sp³-hybridized carbons (Fsp3) is 0.288. The molecule has 0 N–H and O–H groups in total. The number of likely N-dealkylation sites (N-methyl/N-ethyl adjacent to an activating group) is 3. The first-order chi connectivity index (χ1) is 35.6. The first-order valence-corrected chi connectivity index (χ1v) is 24.7. The lowest BCUT2D eigenvalue weighted by Crippen LogP contribution is -2.59. The summed E-state index contributed by atoms with van der Waals surface area (Å²) in [5.74, 6) is 2.22. The van der Waals surface area contributed by atoms with Gasteiger partial charge in [-0.2, -0.15) is 0 Å². The molecule has 0 amide bonds. The molecule has 0 aliphatic carbocycles. The zero-order valence-corrected chi connectivity index (χ0v) is 43.5. The van der Waals surface area contributed by atoms with Gasteiger partial charge in [0, 0.05) is 84.7 Å². The van der Waals surface area contributed by atoms with Crippen molar-refractivity contribution in [3.05, 3.63) is 203 Å². The number of fused-ring (bicyclic) bond motifs is 6. The van der Waals surface area contributed by atoms with E-state index in [0.29, 0.717) is 28.6 Å². The molecule has 6 aromatic rings. The molecule has 6 aromatic carbocycles. The number of nitro benzene ring substituents is 3. The number of nitro groups is 3. The number of para-hydroxylation sites is 3. The van der Waals surface area contributed by atoms with E-state index in [0.717, 1.165) is 29.0 Å². The Balaban J connectivity index is 0.000000128. The lowest BCUT2D eigenvalue weighted by molar-refractivity contribution is -0.385. The van der Waals surface area contributed by atoms with Gasteiger partial charge in [-0.1, -0.05) is 54.6 Å². The van der Waals surface area contributed by atoms with E-state index < -0.39 is 22.1 Å². The Kier molecular flexibility index (Phi) is 11.6. The van der Waals surface area contributed by atoms with Crippen LogP contribution in [-0.4, -0.2) is 59.7 Å². The molecule has 0 saturated heterocycles. The van der Waals surface area contributed by atoms with E-state index in [-0.39, 0.29) is 43.2 Å². The third kappa shape index (κ3) is 7.24. The van der Waals surface area contributed by atoms with Crippen LogP contribution in [0.1, 0.15) is 81.8 Å². The quantitative estimate of drug-likeness (QED) is 0.118. The molecule has 0 fully saturated rings. The highest BCUT2D eigenvalue weighted by Gasteiger charge is 2.60. The molecule has 6 aliphatic rings. The highest BCUT2D eigenvalue weighted by atomic mass is 16.6. The zero-order chi connectivity index (χ0) is 53.6. The fourth-order valence-corrected chi connectivity index (χ4v) is 12.1. The molecule has 16 nitrogen and oxygen atoms in total. The number of anilines is 3. The van der Waals surface area contributed by atoms with Gasteiger partial charge < -0.3 is 33.6 Å². The Morgan fingerprint density at radius 1 is 0.493 bits per heavy atom. The van der Waals surface area contributed by atoms with Crippen molar-refractivity contribution in [2.75, 3.05) is 42.4 Å². The molecule has 12 rings (SSSR count). The molecule has 384 valence electrons. The SMILES string of the molecule is CCN1c2ccccc2C(C)(C)[C@]12C=Cc1cc([N+](=O)[O-])ccc1O2.CN1c2ccccc2C(C)(C)[C@]12C=Cc1cc([N+](=O)[O-])ccc1O2.COc1cc([N+](=O)[O-])cc2c1O[C@@]1(C=C2)N(C)c2ccccc2C1(C)C. The van der Waals surface area contributed by atoms with E-state index in [1.54, 1.807) is 24.3 Å². The van der Waals surface area contributed by atoms with E-state index in [1.165, 1.54) is 53.8 Å². The maximum absolute atomic E-state index is 11.2. The maximum Gasteiger partial charge on any atom is 0.274 e. The summed E-state index contributed by atoms with van der Waals surface area (Å²) in [7, 11) is 5.51.